The third kappa shape index (κ3) is 5.27. The number of hydrogen-bond donors (Lipinski definition) is 1. The van der Waals surface area contributed by atoms with E-state index in [4.69, 9.17) is 28.2 Å². The van der Waals surface area contributed by atoms with Gasteiger partial charge in [-0.3, -0.25) is 0 Å². The molecule has 0 spiro atoms. The molecule has 0 amide bonds. The van der Waals surface area contributed by atoms with Crippen molar-refractivity contribution in [3.05, 3.63) is 81.5 Å². The summed E-state index contributed by atoms with van der Waals surface area (Å²) in [6.45, 7) is 0. The number of rotatable bonds is 7. The SMILES string of the molecule is O=S(=O)(Cc1ccc(Cl)cc1)CC(Cc1n[nH]c(=S)o1)c1ccccc1. The van der Waals surface area contributed by atoms with Gasteiger partial charge in [-0.15, -0.1) is 5.10 Å². The molecule has 0 saturated heterocycles. The van der Waals surface area contributed by atoms with Gasteiger partial charge in [0.25, 0.3) is 4.84 Å². The van der Waals surface area contributed by atoms with Crippen LogP contribution in [0.5, 0.6) is 0 Å². The minimum atomic E-state index is -3.36. The van der Waals surface area contributed by atoms with Gasteiger partial charge in [0, 0.05) is 17.4 Å². The first-order valence-electron chi connectivity index (χ1n) is 7.95. The topological polar surface area (TPSA) is 76.0 Å². The van der Waals surface area contributed by atoms with Crippen molar-refractivity contribution in [2.75, 3.05) is 5.75 Å². The molecule has 0 aliphatic heterocycles. The minimum Gasteiger partial charge on any atom is -0.414 e. The molecule has 0 bridgehead atoms. The second-order valence-corrected chi connectivity index (χ2v) is 8.92. The Bertz CT molecular complexity index is 1010. The molecule has 0 radical (unpaired) electrons. The number of aromatic amines is 1. The second kappa shape index (κ2) is 8.16. The Balaban J connectivity index is 1.82. The molecule has 1 unspecified atom stereocenters. The highest BCUT2D eigenvalue weighted by Crippen LogP contribution is 2.24. The quantitative estimate of drug-likeness (QED) is 0.589. The van der Waals surface area contributed by atoms with Gasteiger partial charge in [-0.05, 0) is 35.5 Å². The number of nitrogens with zero attached hydrogens (tertiary/aromatic N) is 1. The molecule has 26 heavy (non-hydrogen) atoms. The van der Waals surface area contributed by atoms with Crippen LogP contribution in [-0.4, -0.2) is 24.4 Å². The zero-order chi connectivity index (χ0) is 18.6. The van der Waals surface area contributed by atoms with Crippen molar-refractivity contribution in [3.8, 4) is 0 Å². The fraction of sp³-hybridized carbons (Fsp3) is 0.222. The van der Waals surface area contributed by atoms with Crippen molar-refractivity contribution in [2.24, 2.45) is 0 Å². The zero-order valence-electron chi connectivity index (χ0n) is 13.8. The fourth-order valence-electron chi connectivity index (χ4n) is 2.76. The van der Waals surface area contributed by atoms with Crippen LogP contribution in [0.3, 0.4) is 0 Å². The highest BCUT2D eigenvalue weighted by atomic mass is 35.5. The van der Waals surface area contributed by atoms with Crippen LogP contribution in [0.15, 0.2) is 59.0 Å². The Kier molecular flexibility index (Phi) is 5.90. The Morgan fingerprint density at radius 3 is 2.42 bits per heavy atom. The molecule has 3 aromatic rings. The van der Waals surface area contributed by atoms with E-state index in [0.29, 0.717) is 22.9 Å². The Morgan fingerprint density at radius 1 is 1.12 bits per heavy atom. The van der Waals surface area contributed by atoms with Gasteiger partial charge in [-0.1, -0.05) is 54.1 Å². The van der Waals surface area contributed by atoms with Crippen molar-refractivity contribution in [3.63, 3.8) is 0 Å². The average Bonchev–Trinajstić information content (AvgIpc) is 3.02. The summed E-state index contributed by atoms with van der Waals surface area (Å²) in [5.41, 5.74) is 1.62. The molecule has 0 saturated carbocycles. The number of aromatic nitrogens is 2. The molecule has 3 rings (SSSR count). The molecule has 0 aliphatic carbocycles. The van der Waals surface area contributed by atoms with E-state index in [9.17, 15) is 8.42 Å². The molecule has 136 valence electrons. The first kappa shape index (κ1) is 18.8. The molecule has 0 aliphatic rings. The van der Waals surface area contributed by atoms with E-state index in [1.54, 1.807) is 24.3 Å². The Hall–Kier alpha value is -1.96. The maximum absolute atomic E-state index is 12.8. The van der Waals surface area contributed by atoms with Crippen LogP contribution in [0.25, 0.3) is 0 Å². The third-order valence-electron chi connectivity index (χ3n) is 3.93. The van der Waals surface area contributed by atoms with Crippen LogP contribution in [0.4, 0.5) is 0 Å². The lowest BCUT2D eigenvalue weighted by molar-refractivity contribution is 0.465. The van der Waals surface area contributed by atoms with Crippen LogP contribution in [0.2, 0.25) is 5.02 Å². The predicted molar refractivity (Wildman–Crippen MR) is 104 cm³/mol. The Morgan fingerprint density at radius 2 is 1.81 bits per heavy atom. The molecule has 0 fully saturated rings. The first-order chi connectivity index (χ1) is 12.4. The van der Waals surface area contributed by atoms with Crippen molar-refractivity contribution < 1.29 is 12.8 Å². The van der Waals surface area contributed by atoms with Gasteiger partial charge in [0.15, 0.2) is 9.84 Å². The van der Waals surface area contributed by atoms with Crippen molar-refractivity contribution in [2.45, 2.75) is 18.1 Å². The smallest absolute Gasteiger partial charge is 0.284 e. The van der Waals surface area contributed by atoms with E-state index in [2.05, 4.69) is 10.2 Å². The lowest BCUT2D eigenvalue weighted by Gasteiger charge is -2.16. The molecule has 2 aromatic carbocycles. The summed E-state index contributed by atoms with van der Waals surface area (Å²) in [5, 5.41) is 7.15. The predicted octanol–water partition coefficient (Wildman–Crippen LogP) is 4.33. The number of nitrogens with one attached hydrogen (secondary N) is 1. The summed E-state index contributed by atoms with van der Waals surface area (Å²) < 4.78 is 30.8. The largest absolute Gasteiger partial charge is 0.414 e. The van der Waals surface area contributed by atoms with E-state index in [1.165, 1.54) is 0 Å². The maximum atomic E-state index is 12.8. The molecule has 8 heteroatoms. The monoisotopic (exact) mass is 408 g/mol. The summed E-state index contributed by atoms with van der Waals surface area (Å²) in [5.74, 6) is 0.0484. The van der Waals surface area contributed by atoms with Gasteiger partial charge in [0.1, 0.15) is 0 Å². The summed E-state index contributed by atoms with van der Waals surface area (Å²) >= 11 is 10.8. The lowest BCUT2D eigenvalue weighted by atomic mass is 9.98. The van der Waals surface area contributed by atoms with E-state index in [-0.39, 0.29) is 22.3 Å². The molecular formula is C18H17ClN2O3S2. The van der Waals surface area contributed by atoms with Gasteiger partial charge in [0.2, 0.25) is 5.89 Å². The fourth-order valence-corrected chi connectivity index (χ4v) is 4.77. The highest BCUT2D eigenvalue weighted by Gasteiger charge is 2.23. The molecule has 1 heterocycles. The number of sulfone groups is 1. The van der Waals surface area contributed by atoms with Crippen LogP contribution in [-0.2, 0) is 22.0 Å². The summed E-state index contributed by atoms with van der Waals surface area (Å²) in [6, 6.07) is 16.3. The van der Waals surface area contributed by atoms with E-state index in [0.717, 1.165) is 5.56 Å². The standard InChI is InChI=1S/C18H17ClN2O3S2/c19-16-8-6-13(7-9-16)11-26(22,23)12-15(14-4-2-1-3-5-14)10-17-20-21-18(25)24-17/h1-9,15H,10-12H2,(H,21,25). The minimum absolute atomic E-state index is 0.0191. The summed E-state index contributed by atoms with van der Waals surface area (Å²) in [7, 11) is -3.36. The van der Waals surface area contributed by atoms with Crippen LogP contribution in [0, 0.1) is 4.84 Å². The van der Waals surface area contributed by atoms with Gasteiger partial charge in [-0.25, -0.2) is 13.5 Å². The third-order valence-corrected chi connectivity index (χ3v) is 6.04. The van der Waals surface area contributed by atoms with E-state index < -0.39 is 9.84 Å². The molecule has 5 nitrogen and oxygen atoms in total. The lowest BCUT2D eigenvalue weighted by Crippen LogP contribution is -2.18. The van der Waals surface area contributed by atoms with Crippen LogP contribution in [0.1, 0.15) is 22.9 Å². The highest BCUT2D eigenvalue weighted by molar-refractivity contribution is 7.90. The van der Waals surface area contributed by atoms with Crippen LogP contribution >= 0.6 is 23.8 Å². The Labute approximate surface area is 161 Å². The molecule has 1 atom stereocenters. The van der Waals surface area contributed by atoms with Crippen molar-refractivity contribution in [1.82, 2.24) is 10.2 Å². The second-order valence-electron chi connectivity index (χ2n) is 6.00. The molecule has 1 aromatic heterocycles. The normalized spacial score (nSPS) is 12.8. The maximum Gasteiger partial charge on any atom is 0.284 e. The van der Waals surface area contributed by atoms with Crippen molar-refractivity contribution >= 4 is 33.7 Å². The summed E-state index contributed by atoms with van der Waals surface area (Å²) in [4.78, 5) is 0.177. The van der Waals surface area contributed by atoms with Gasteiger partial charge in [-0.2, -0.15) is 0 Å². The average molecular weight is 409 g/mol. The van der Waals surface area contributed by atoms with Gasteiger partial charge >= 0.3 is 0 Å². The van der Waals surface area contributed by atoms with Gasteiger partial charge in [0.05, 0.1) is 11.5 Å². The number of hydrogen-bond acceptors (Lipinski definition) is 5. The molecule has 1 N–H and O–H groups in total. The van der Waals surface area contributed by atoms with Crippen LogP contribution < -0.4 is 0 Å². The van der Waals surface area contributed by atoms with Crippen molar-refractivity contribution in [1.29, 1.82) is 0 Å². The number of benzene rings is 2. The zero-order valence-corrected chi connectivity index (χ0v) is 16.2. The number of H-pyrrole nitrogens is 1. The first-order valence-corrected chi connectivity index (χ1v) is 10.6. The van der Waals surface area contributed by atoms with Gasteiger partial charge < -0.3 is 4.42 Å². The number of halogens is 1. The molecular weight excluding hydrogens is 392 g/mol. The summed E-state index contributed by atoms with van der Waals surface area (Å²) in [6.07, 6.45) is 0.344. The van der Waals surface area contributed by atoms with E-state index >= 15 is 0 Å². The van der Waals surface area contributed by atoms with E-state index in [1.807, 2.05) is 30.3 Å².